The van der Waals surface area contributed by atoms with Crippen LogP contribution in [0.4, 0.5) is 0 Å². The first kappa shape index (κ1) is 14.0. The van der Waals surface area contributed by atoms with Gasteiger partial charge in [-0.3, -0.25) is 4.99 Å². The molecular formula is C9H16N2O3S. The van der Waals surface area contributed by atoms with Crippen molar-refractivity contribution in [1.82, 2.24) is 0 Å². The van der Waals surface area contributed by atoms with Crippen LogP contribution in [0.15, 0.2) is 10.1 Å². The molecular weight excluding hydrogens is 216 g/mol. The van der Waals surface area contributed by atoms with Gasteiger partial charge in [0.25, 0.3) is 0 Å². The number of aliphatic imine (C=N–C) groups is 1. The summed E-state index contributed by atoms with van der Waals surface area (Å²) in [5, 5.41) is 11.5. The Kier molecular flexibility index (Phi) is 6.77. The molecule has 0 bridgehead atoms. The van der Waals surface area contributed by atoms with E-state index in [1.807, 2.05) is 0 Å². The van der Waals surface area contributed by atoms with E-state index < -0.39 is 12.0 Å². The highest BCUT2D eigenvalue weighted by molar-refractivity contribution is 7.80. The predicted octanol–water partition coefficient (Wildman–Crippen LogP) is 1.16. The molecule has 0 fully saturated rings. The number of thiol groups is 1. The molecule has 0 radical (unpaired) electrons. The molecule has 86 valence electrons. The van der Waals surface area contributed by atoms with Crippen LogP contribution >= 0.6 is 12.6 Å². The summed E-state index contributed by atoms with van der Waals surface area (Å²) >= 11 is 4.01. The normalized spacial score (nSPS) is 14.9. The lowest BCUT2D eigenvalue weighted by molar-refractivity contribution is -0.143. The SMILES string of the molecule is CCOC(=O)[C@@H](CS)N=C(C)/C(C)=N\O. The Balaban J connectivity index is 4.63. The van der Waals surface area contributed by atoms with Gasteiger partial charge in [-0.1, -0.05) is 5.16 Å². The van der Waals surface area contributed by atoms with E-state index in [1.165, 1.54) is 0 Å². The molecule has 15 heavy (non-hydrogen) atoms. The van der Waals surface area contributed by atoms with Gasteiger partial charge in [-0.25, -0.2) is 4.79 Å². The highest BCUT2D eigenvalue weighted by Gasteiger charge is 2.17. The number of hydrogen-bond donors (Lipinski definition) is 2. The highest BCUT2D eigenvalue weighted by Crippen LogP contribution is 2.00. The molecule has 0 rings (SSSR count). The topological polar surface area (TPSA) is 71.2 Å². The number of oxime groups is 1. The fourth-order valence-electron chi connectivity index (χ4n) is 0.806. The monoisotopic (exact) mass is 232 g/mol. The van der Waals surface area contributed by atoms with Crippen molar-refractivity contribution in [3.63, 3.8) is 0 Å². The predicted molar refractivity (Wildman–Crippen MR) is 62.3 cm³/mol. The molecule has 0 aromatic heterocycles. The summed E-state index contributed by atoms with van der Waals surface area (Å²) in [6, 6.07) is -0.648. The maximum Gasteiger partial charge on any atom is 0.331 e. The van der Waals surface area contributed by atoms with Gasteiger partial charge in [0.15, 0.2) is 6.04 Å². The maximum atomic E-state index is 11.3. The number of esters is 1. The number of carbonyl (C=O) groups excluding carboxylic acids is 1. The minimum absolute atomic E-state index is 0.259. The number of rotatable bonds is 5. The van der Waals surface area contributed by atoms with E-state index in [-0.39, 0.29) is 5.75 Å². The minimum Gasteiger partial charge on any atom is -0.464 e. The molecule has 0 unspecified atom stereocenters. The second-order valence-electron chi connectivity index (χ2n) is 2.85. The molecule has 5 nitrogen and oxygen atoms in total. The lowest BCUT2D eigenvalue weighted by atomic mass is 10.2. The standard InChI is InChI=1S/C9H16N2O3S/c1-4-14-9(12)8(5-15)10-6(2)7(3)11-13/h8,13,15H,4-5H2,1-3H3/b10-6?,11-7-/t8-/m1/s1. The molecule has 0 saturated carbocycles. The van der Waals surface area contributed by atoms with Gasteiger partial charge in [0, 0.05) is 5.75 Å². The summed E-state index contributed by atoms with van der Waals surface area (Å²) < 4.78 is 4.81. The van der Waals surface area contributed by atoms with Crippen LogP contribution < -0.4 is 0 Å². The molecule has 0 aromatic carbocycles. The van der Waals surface area contributed by atoms with Gasteiger partial charge >= 0.3 is 5.97 Å². The molecule has 0 heterocycles. The zero-order chi connectivity index (χ0) is 11.8. The van der Waals surface area contributed by atoms with Gasteiger partial charge < -0.3 is 9.94 Å². The fourth-order valence-corrected chi connectivity index (χ4v) is 1.04. The Morgan fingerprint density at radius 3 is 2.47 bits per heavy atom. The van der Waals surface area contributed by atoms with Crippen molar-refractivity contribution in [1.29, 1.82) is 0 Å². The summed E-state index contributed by atoms with van der Waals surface area (Å²) in [6.07, 6.45) is 0. The van der Waals surface area contributed by atoms with Crippen LogP contribution in [0.5, 0.6) is 0 Å². The third-order valence-electron chi connectivity index (χ3n) is 1.75. The van der Waals surface area contributed by atoms with Crippen molar-refractivity contribution in [2.75, 3.05) is 12.4 Å². The van der Waals surface area contributed by atoms with Crippen LogP contribution in [0.3, 0.4) is 0 Å². The van der Waals surface area contributed by atoms with Crippen molar-refractivity contribution in [2.45, 2.75) is 26.8 Å². The first-order valence-electron chi connectivity index (χ1n) is 4.57. The van der Waals surface area contributed by atoms with Crippen LogP contribution in [0.25, 0.3) is 0 Å². The average molecular weight is 232 g/mol. The van der Waals surface area contributed by atoms with Gasteiger partial charge in [0.1, 0.15) is 0 Å². The first-order chi connectivity index (χ1) is 7.06. The van der Waals surface area contributed by atoms with Crippen LogP contribution in [-0.2, 0) is 9.53 Å². The van der Waals surface area contributed by atoms with Crippen LogP contribution in [0, 0.1) is 0 Å². The smallest absolute Gasteiger partial charge is 0.331 e. The third kappa shape index (κ3) is 4.83. The number of nitrogens with zero attached hydrogens (tertiary/aromatic N) is 2. The summed E-state index contributed by atoms with van der Waals surface area (Å²) in [4.78, 5) is 15.4. The lowest BCUT2D eigenvalue weighted by Gasteiger charge is -2.09. The first-order valence-corrected chi connectivity index (χ1v) is 5.21. The van der Waals surface area contributed by atoms with E-state index in [0.29, 0.717) is 18.0 Å². The Morgan fingerprint density at radius 2 is 2.07 bits per heavy atom. The van der Waals surface area contributed by atoms with E-state index in [4.69, 9.17) is 9.94 Å². The average Bonchev–Trinajstić information content (AvgIpc) is 2.24. The molecule has 1 N–H and O–H groups in total. The third-order valence-corrected chi connectivity index (χ3v) is 2.10. The summed E-state index contributed by atoms with van der Waals surface area (Å²) in [5.74, 6) is -0.160. The number of hydrogen-bond acceptors (Lipinski definition) is 6. The molecule has 0 saturated heterocycles. The molecule has 0 aromatic rings. The van der Waals surface area contributed by atoms with Crippen LogP contribution in [0.2, 0.25) is 0 Å². The van der Waals surface area contributed by atoms with Gasteiger partial charge in [0.05, 0.1) is 18.0 Å². The zero-order valence-electron chi connectivity index (χ0n) is 9.10. The van der Waals surface area contributed by atoms with Crippen molar-refractivity contribution in [3.05, 3.63) is 0 Å². The van der Waals surface area contributed by atoms with Crippen molar-refractivity contribution in [3.8, 4) is 0 Å². The van der Waals surface area contributed by atoms with Crippen molar-refractivity contribution < 1.29 is 14.7 Å². The van der Waals surface area contributed by atoms with Crippen LogP contribution in [0.1, 0.15) is 20.8 Å². The van der Waals surface area contributed by atoms with Crippen LogP contribution in [-0.4, -0.2) is 41.0 Å². The van der Waals surface area contributed by atoms with E-state index in [2.05, 4.69) is 22.8 Å². The summed E-state index contributed by atoms with van der Waals surface area (Å²) in [7, 11) is 0. The zero-order valence-corrected chi connectivity index (χ0v) is 9.99. The molecule has 0 aliphatic carbocycles. The van der Waals surface area contributed by atoms with E-state index in [9.17, 15) is 4.79 Å². The summed E-state index contributed by atoms with van der Waals surface area (Å²) in [5.41, 5.74) is 0.857. The Morgan fingerprint density at radius 1 is 1.47 bits per heavy atom. The lowest BCUT2D eigenvalue weighted by Crippen LogP contribution is -2.25. The fraction of sp³-hybridized carbons (Fsp3) is 0.667. The van der Waals surface area contributed by atoms with Gasteiger partial charge in [-0.2, -0.15) is 12.6 Å². The second-order valence-corrected chi connectivity index (χ2v) is 3.22. The van der Waals surface area contributed by atoms with E-state index in [0.717, 1.165) is 0 Å². The minimum atomic E-state index is -0.648. The maximum absolute atomic E-state index is 11.3. The summed E-state index contributed by atoms with van der Waals surface area (Å²) in [6.45, 7) is 5.29. The molecule has 0 amide bonds. The highest BCUT2D eigenvalue weighted by atomic mass is 32.1. The van der Waals surface area contributed by atoms with E-state index in [1.54, 1.807) is 20.8 Å². The molecule has 0 aliphatic heterocycles. The van der Waals surface area contributed by atoms with E-state index >= 15 is 0 Å². The molecule has 6 heteroatoms. The van der Waals surface area contributed by atoms with Crippen molar-refractivity contribution in [2.24, 2.45) is 10.1 Å². The van der Waals surface area contributed by atoms with Gasteiger partial charge in [0.2, 0.25) is 0 Å². The van der Waals surface area contributed by atoms with Crippen molar-refractivity contribution >= 4 is 30.0 Å². The quantitative estimate of drug-likeness (QED) is 0.246. The van der Waals surface area contributed by atoms with Gasteiger partial charge in [-0.05, 0) is 20.8 Å². The Bertz CT molecular complexity index is 277. The van der Waals surface area contributed by atoms with Gasteiger partial charge in [-0.15, -0.1) is 0 Å². The molecule has 0 spiro atoms. The molecule has 0 aliphatic rings. The number of carbonyl (C=O) groups is 1. The number of ether oxygens (including phenoxy) is 1. The second kappa shape index (κ2) is 7.28. The largest absolute Gasteiger partial charge is 0.464 e. The molecule has 1 atom stereocenters. The Labute approximate surface area is 94.6 Å². The Hall–Kier alpha value is -1.04.